The van der Waals surface area contributed by atoms with Crippen LogP contribution in [0.3, 0.4) is 0 Å². The van der Waals surface area contributed by atoms with Gasteiger partial charge in [0.05, 0.1) is 17.9 Å². The largest absolute Gasteiger partial charge is 0.481 e. The maximum Gasteiger partial charge on any atom is 0.308 e. The van der Waals surface area contributed by atoms with Gasteiger partial charge in [-0.05, 0) is 27.2 Å². The molecular weight excluding hydrogens is 222 g/mol. The van der Waals surface area contributed by atoms with Gasteiger partial charge in [0.15, 0.2) is 0 Å². The molecular formula is C12H21NO4. The van der Waals surface area contributed by atoms with Gasteiger partial charge in [0.25, 0.3) is 0 Å². The predicted molar refractivity (Wildman–Crippen MR) is 62.6 cm³/mol. The van der Waals surface area contributed by atoms with Crippen molar-refractivity contribution in [3.63, 3.8) is 0 Å². The van der Waals surface area contributed by atoms with Crippen molar-refractivity contribution in [2.45, 2.75) is 45.3 Å². The lowest BCUT2D eigenvalue weighted by atomic mass is 10.0. The first-order chi connectivity index (χ1) is 7.78. The molecule has 1 saturated heterocycles. The van der Waals surface area contributed by atoms with Gasteiger partial charge in [-0.15, -0.1) is 0 Å². The van der Waals surface area contributed by atoms with Gasteiger partial charge in [0.1, 0.15) is 0 Å². The molecule has 5 heteroatoms. The van der Waals surface area contributed by atoms with Gasteiger partial charge in [0, 0.05) is 19.7 Å². The van der Waals surface area contributed by atoms with Crippen molar-refractivity contribution in [1.82, 2.24) is 4.90 Å². The molecule has 17 heavy (non-hydrogen) atoms. The fourth-order valence-electron chi connectivity index (χ4n) is 2.16. The summed E-state index contributed by atoms with van der Waals surface area (Å²) in [5.41, 5.74) is -0.502. The molecule has 1 amide bonds. The maximum absolute atomic E-state index is 12.1. The zero-order valence-electron chi connectivity index (χ0n) is 10.9. The van der Waals surface area contributed by atoms with Crippen LogP contribution in [0.25, 0.3) is 0 Å². The second-order valence-corrected chi connectivity index (χ2v) is 5.20. The quantitative estimate of drug-likeness (QED) is 0.803. The molecule has 1 aliphatic rings. The number of hydrogen-bond acceptors (Lipinski definition) is 3. The molecule has 1 heterocycles. The number of nitrogens with zero attached hydrogens (tertiary/aromatic N) is 1. The van der Waals surface area contributed by atoms with Crippen molar-refractivity contribution in [3.05, 3.63) is 0 Å². The van der Waals surface area contributed by atoms with Gasteiger partial charge in [0.2, 0.25) is 5.91 Å². The molecule has 0 aromatic carbocycles. The minimum absolute atomic E-state index is 0.0342. The SMILES string of the molecule is COC(C)(C)CC(=O)N1CCC(C(=O)O)C1C. The molecule has 98 valence electrons. The average Bonchev–Trinajstić information content (AvgIpc) is 2.59. The van der Waals surface area contributed by atoms with E-state index in [9.17, 15) is 9.59 Å². The van der Waals surface area contributed by atoms with Crippen molar-refractivity contribution in [2.75, 3.05) is 13.7 Å². The summed E-state index contributed by atoms with van der Waals surface area (Å²) < 4.78 is 5.21. The van der Waals surface area contributed by atoms with Gasteiger partial charge in [-0.1, -0.05) is 0 Å². The Hall–Kier alpha value is -1.10. The highest BCUT2D eigenvalue weighted by Crippen LogP contribution is 2.26. The highest BCUT2D eigenvalue weighted by atomic mass is 16.5. The number of aliphatic carboxylic acids is 1. The van der Waals surface area contributed by atoms with E-state index in [4.69, 9.17) is 9.84 Å². The molecule has 0 aliphatic carbocycles. The fourth-order valence-corrected chi connectivity index (χ4v) is 2.16. The van der Waals surface area contributed by atoms with Crippen molar-refractivity contribution in [1.29, 1.82) is 0 Å². The lowest BCUT2D eigenvalue weighted by Gasteiger charge is -2.28. The molecule has 0 radical (unpaired) electrons. The second kappa shape index (κ2) is 5.04. The van der Waals surface area contributed by atoms with Crippen LogP contribution < -0.4 is 0 Å². The lowest BCUT2D eigenvalue weighted by Crippen LogP contribution is -2.41. The topological polar surface area (TPSA) is 66.8 Å². The van der Waals surface area contributed by atoms with E-state index in [2.05, 4.69) is 0 Å². The summed E-state index contributed by atoms with van der Waals surface area (Å²) in [7, 11) is 1.57. The standard InChI is InChI=1S/C12H21NO4/c1-8-9(11(15)16)5-6-13(8)10(14)7-12(2,3)17-4/h8-9H,5-7H2,1-4H3,(H,15,16). The van der Waals surface area contributed by atoms with Crippen molar-refractivity contribution in [2.24, 2.45) is 5.92 Å². The molecule has 1 aliphatic heterocycles. The molecule has 0 saturated carbocycles. The van der Waals surface area contributed by atoms with Crippen LogP contribution in [0.2, 0.25) is 0 Å². The van der Waals surface area contributed by atoms with Crippen LogP contribution in [-0.4, -0.2) is 47.2 Å². The van der Waals surface area contributed by atoms with Gasteiger partial charge >= 0.3 is 5.97 Å². The number of carboxylic acid groups (broad SMARTS) is 1. The molecule has 1 N–H and O–H groups in total. The van der Waals surface area contributed by atoms with E-state index >= 15 is 0 Å². The molecule has 0 aromatic heterocycles. The Bertz CT molecular complexity index is 314. The van der Waals surface area contributed by atoms with Crippen LogP contribution in [0.4, 0.5) is 0 Å². The molecule has 0 bridgehead atoms. The first-order valence-corrected chi connectivity index (χ1v) is 5.86. The number of ether oxygens (including phenoxy) is 1. The first-order valence-electron chi connectivity index (χ1n) is 5.86. The number of carbonyl (C=O) groups excluding carboxylic acids is 1. The molecule has 1 fully saturated rings. The number of likely N-dealkylation sites (tertiary alicyclic amines) is 1. The Morgan fingerprint density at radius 3 is 2.47 bits per heavy atom. The van der Waals surface area contributed by atoms with Gasteiger partial charge in [-0.3, -0.25) is 9.59 Å². The average molecular weight is 243 g/mol. The van der Waals surface area contributed by atoms with Crippen LogP contribution in [0.1, 0.15) is 33.6 Å². The number of amides is 1. The molecule has 2 atom stereocenters. The lowest BCUT2D eigenvalue weighted by molar-refractivity contribution is -0.143. The van der Waals surface area contributed by atoms with Crippen molar-refractivity contribution in [3.8, 4) is 0 Å². The summed E-state index contributed by atoms with van der Waals surface area (Å²) in [5, 5.41) is 9.00. The van der Waals surface area contributed by atoms with E-state index in [1.165, 1.54) is 0 Å². The third kappa shape index (κ3) is 3.19. The van der Waals surface area contributed by atoms with E-state index in [1.54, 1.807) is 18.9 Å². The van der Waals surface area contributed by atoms with E-state index < -0.39 is 17.5 Å². The monoisotopic (exact) mass is 243 g/mol. The van der Waals surface area contributed by atoms with E-state index in [0.29, 0.717) is 13.0 Å². The highest BCUT2D eigenvalue weighted by Gasteiger charge is 2.39. The summed E-state index contributed by atoms with van der Waals surface area (Å²) >= 11 is 0. The van der Waals surface area contributed by atoms with Gasteiger partial charge in [-0.2, -0.15) is 0 Å². The summed E-state index contributed by atoms with van der Waals surface area (Å²) in [6.45, 7) is 6.01. The molecule has 1 rings (SSSR count). The normalized spacial score (nSPS) is 25.1. The number of carbonyl (C=O) groups is 2. The van der Waals surface area contributed by atoms with Gasteiger partial charge < -0.3 is 14.7 Å². The van der Waals surface area contributed by atoms with Crippen molar-refractivity contribution >= 4 is 11.9 Å². The number of carboxylic acids is 1. The number of hydrogen-bond donors (Lipinski definition) is 1. The summed E-state index contributed by atoms with van der Waals surface area (Å²) in [6.07, 6.45) is 0.815. The Kier molecular flexibility index (Phi) is 4.14. The van der Waals surface area contributed by atoms with Crippen molar-refractivity contribution < 1.29 is 19.4 Å². The number of rotatable bonds is 4. The Morgan fingerprint density at radius 1 is 1.47 bits per heavy atom. The van der Waals surface area contributed by atoms with Gasteiger partial charge in [-0.25, -0.2) is 0 Å². The summed E-state index contributed by atoms with van der Waals surface area (Å²) in [4.78, 5) is 24.7. The Balaban J connectivity index is 2.64. The van der Waals surface area contributed by atoms with E-state index in [0.717, 1.165) is 0 Å². The van der Waals surface area contributed by atoms with Crippen LogP contribution in [0.5, 0.6) is 0 Å². The van der Waals surface area contributed by atoms with Crippen LogP contribution in [0, 0.1) is 5.92 Å². The minimum Gasteiger partial charge on any atom is -0.481 e. The zero-order chi connectivity index (χ0) is 13.2. The molecule has 0 aromatic rings. The van der Waals surface area contributed by atoms with E-state index in [1.807, 2.05) is 13.8 Å². The zero-order valence-corrected chi connectivity index (χ0v) is 10.9. The third-order valence-corrected chi connectivity index (χ3v) is 3.52. The van der Waals surface area contributed by atoms with Crippen LogP contribution >= 0.6 is 0 Å². The second-order valence-electron chi connectivity index (χ2n) is 5.20. The molecule has 2 unspecified atom stereocenters. The molecule has 5 nitrogen and oxygen atoms in total. The third-order valence-electron chi connectivity index (χ3n) is 3.52. The summed E-state index contributed by atoms with van der Waals surface area (Å²) in [5.74, 6) is -1.29. The maximum atomic E-state index is 12.1. The highest BCUT2D eigenvalue weighted by molar-refractivity contribution is 5.80. The number of methoxy groups -OCH3 is 1. The fraction of sp³-hybridized carbons (Fsp3) is 0.833. The van der Waals surface area contributed by atoms with Crippen LogP contribution in [-0.2, 0) is 14.3 Å². The van der Waals surface area contributed by atoms with Crippen LogP contribution in [0.15, 0.2) is 0 Å². The smallest absolute Gasteiger partial charge is 0.308 e. The van der Waals surface area contributed by atoms with E-state index in [-0.39, 0.29) is 18.4 Å². The molecule has 0 spiro atoms. The summed E-state index contributed by atoms with van der Waals surface area (Å²) in [6, 6.07) is -0.229. The predicted octanol–water partition coefficient (Wildman–Crippen LogP) is 1.12. The Labute approximate surface area is 102 Å². The minimum atomic E-state index is -0.821. The first kappa shape index (κ1) is 14.0. The Morgan fingerprint density at radius 2 is 2.06 bits per heavy atom.